The van der Waals surface area contributed by atoms with Crippen LogP contribution in [0.4, 0.5) is 4.39 Å². The van der Waals surface area contributed by atoms with Gasteiger partial charge in [0.15, 0.2) is 0 Å². The van der Waals surface area contributed by atoms with Crippen LogP contribution in [0.1, 0.15) is 19.3 Å². The van der Waals surface area contributed by atoms with Gasteiger partial charge in [0.2, 0.25) is 10.0 Å². The topological polar surface area (TPSA) is 58.2 Å². The lowest BCUT2D eigenvalue weighted by Crippen LogP contribution is -2.33. The molecule has 1 aromatic rings. The van der Waals surface area contributed by atoms with Crippen LogP contribution in [0.5, 0.6) is 0 Å². The molecule has 0 amide bonds. The van der Waals surface area contributed by atoms with Crippen LogP contribution in [0.25, 0.3) is 0 Å². The fourth-order valence-corrected chi connectivity index (χ4v) is 3.99. The molecule has 0 spiro atoms. The van der Waals surface area contributed by atoms with Crippen molar-refractivity contribution in [3.8, 4) is 0 Å². The minimum absolute atomic E-state index is 0.311. The number of halogens is 2. The largest absolute Gasteiger partial charge is 0.316 e. The average Bonchev–Trinajstić information content (AvgIpc) is 2.42. The number of nitrogens with one attached hydrogen (secondary N) is 2. The molecule has 1 fully saturated rings. The molecule has 0 bridgehead atoms. The van der Waals surface area contributed by atoms with Gasteiger partial charge in [-0.25, -0.2) is 17.5 Å². The molecule has 0 saturated carbocycles. The smallest absolute Gasteiger partial charge is 0.243 e. The van der Waals surface area contributed by atoms with Crippen molar-refractivity contribution in [3.63, 3.8) is 0 Å². The van der Waals surface area contributed by atoms with E-state index in [-0.39, 0.29) is 4.90 Å². The van der Waals surface area contributed by atoms with E-state index >= 15 is 0 Å². The van der Waals surface area contributed by atoms with Crippen molar-refractivity contribution in [3.05, 3.63) is 28.5 Å². The monoisotopic (exact) mass is 364 g/mol. The molecule has 4 nitrogen and oxygen atoms in total. The van der Waals surface area contributed by atoms with E-state index in [0.717, 1.165) is 38.4 Å². The van der Waals surface area contributed by atoms with E-state index in [1.807, 2.05) is 0 Å². The zero-order chi connectivity index (χ0) is 14.6. The molecule has 1 aliphatic heterocycles. The minimum Gasteiger partial charge on any atom is -0.316 e. The Kier molecular flexibility index (Phi) is 5.54. The predicted octanol–water partition coefficient (Wildman–Crippen LogP) is 2.26. The third kappa shape index (κ3) is 4.25. The molecule has 7 heteroatoms. The highest BCUT2D eigenvalue weighted by atomic mass is 79.9. The van der Waals surface area contributed by atoms with Crippen LogP contribution in [0, 0.1) is 11.7 Å². The molecule has 1 unspecified atom stereocenters. The first-order chi connectivity index (χ1) is 9.49. The molecule has 1 aliphatic rings. The lowest BCUT2D eigenvalue weighted by Gasteiger charge is -2.22. The maximum Gasteiger partial charge on any atom is 0.243 e. The Balaban J connectivity index is 1.95. The van der Waals surface area contributed by atoms with Crippen molar-refractivity contribution in [2.24, 2.45) is 5.92 Å². The zero-order valence-electron chi connectivity index (χ0n) is 11.0. The molecule has 0 aromatic heterocycles. The first-order valence-electron chi connectivity index (χ1n) is 6.64. The van der Waals surface area contributed by atoms with E-state index in [4.69, 9.17) is 0 Å². The normalized spacial score (nSPS) is 20.0. The summed E-state index contributed by atoms with van der Waals surface area (Å²) < 4.78 is 40.7. The van der Waals surface area contributed by atoms with Crippen molar-refractivity contribution < 1.29 is 12.8 Å². The molecule has 1 atom stereocenters. The summed E-state index contributed by atoms with van der Waals surface area (Å²) in [5.41, 5.74) is 0. The second-order valence-corrected chi connectivity index (χ2v) is 7.62. The Hall–Kier alpha value is -0.500. The third-order valence-electron chi connectivity index (χ3n) is 3.43. The van der Waals surface area contributed by atoms with E-state index in [1.165, 1.54) is 12.1 Å². The van der Waals surface area contributed by atoms with E-state index in [0.29, 0.717) is 16.9 Å². The third-order valence-corrected chi connectivity index (χ3v) is 5.40. The van der Waals surface area contributed by atoms with Crippen LogP contribution in [0.3, 0.4) is 0 Å². The SMILES string of the molecule is O=S(=O)(NCCC1CCCNC1)c1cc(Br)ccc1F. The summed E-state index contributed by atoms with van der Waals surface area (Å²) in [5.74, 6) is -0.251. The molecule has 2 rings (SSSR count). The van der Waals surface area contributed by atoms with Gasteiger partial charge in [0.05, 0.1) is 0 Å². The summed E-state index contributed by atoms with van der Waals surface area (Å²) >= 11 is 3.15. The van der Waals surface area contributed by atoms with Crippen LogP contribution >= 0.6 is 15.9 Å². The van der Waals surface area contributed by atoms with Crippen LogP contribution in [-0.4, -0.2) is 28.1 Å². The fourth-order valence-electron chi connectivity index (χ4n) is 2.33. The van der Waals surface area contributed by atoms with Gasteiger partial charge >= 0.3 is 0 Å². The Morgan fingerprint density at radius 2 is 2.25 bits per heavy atom. The highest BCUT2D eigenvalue weighted by molar-refractivity contribution is 9.10. The van der Waals surface area contributed by atoms with E-state index in [2.05, 4.69) is 26.0 Å². The summed E-state index contributed by atoms with van der Waals surface area (Å²) in [6.45, 7) is 2.29. The summed E-state index contributed by atoms with van der Waals surface area (Å²) in [6, 6.07) is 3.89. The molecule has 20 heavy (non-hydrogen) atoms. The van der Waals surface area contributed by atoms with Crippen molar-refractivity contribution in [1.82, 2.24) is 10.0 Å². The summed E-state index contributed by atoms with van der Waals surface area (Å²) in [7, 11) is -3.79. The summed E-state index contributed by atoms with van der Waals surface area (Å²) in [5, 5.41) is 3.29. The molecule has 1 saturated heterocycles. The highest BCUT2D eigenvalue weighted by Gasteiger charge is 2.20. The zero-order valence-corrected chi connectivity index (χ0v) is 13.4. The first kappa shape index (κ1) is 15.9. The number of hydrogen-bond acceptors (Lipinski definition) is 3. The predicted molar refractivity (Wildman–Crippen MR) is 79.5 cm³/mol. The number of rotatable bonds is 5. The van der Waals surface area contributed by atoms with E-state index in [1.54, 1.807) is 0 Å². The second kappa shape index (κ2) is 6.98. The molecule has 0 radical (unpaired) electrons. The second-order valence-electron chi connectivity index (χ2n) is 4.97. The van der Waals surface area contributed by atoms with Crippen molar-refractivity contribution in [1.29, 1.82) is 0 Å². The van der Waals surface area contributed by atoms with E-state index in [9.17, 15) is 12.8 Å². The van der Waals surface area contributed by atoms with Crippen molar-refractivity contribution in [2.75, 3.05) is 19.6 Å². The molecule has 1 aromatic carbocycles. The maximum atomic E-state index is 13.6. The number of piperidine rings is 1. The first-order valence-corrected chi connectivity index (χ1v) is 8.92. The lowest BCUT2D eigenvalue weighted by molar-refractivity contribution is 0.358. The van der Waals surface area contributed by atoms with Gasteiger partial charge in [-0.3, -0.25) is 0 Å². The molecule has 112 valence electrons. The lowest BCUT2D eigenvalue weighted by atomic mass is 9.96. The van der Waals surface area contributed by atoms with Gasteiger partial charge in [0, 0.05) is 11.0 Å². The van der Waals surface area contributed by atoms with Crippen molar-refractivity contribution in [2.45, 2.75) is 24.2 Å². The highest BCUT2D eigenvalue weighted by Crippen LogP contribution is 2.20. The molecular formula is C13H18BrFN2O2S. The minimum atomic E-state index is -3.79. The van der Waals surface area contributed by atoms with Crippen LogP contribution in [0.15, 0.2) is 27.6 Å². The van der Waals surface area contributed by atoms with Gasteiger partial charge in [-0.05, 0) is 56.5 Å². The molecule has 0 aliphatic carbocycles. The van der Waals surface area contributed by atoms with Gasteiger partial charge in [-0.1, -0.05) is 15.9 Å². The van der Waals surface area contributed by atoms with E-state index < -0.39 is 15.8 Å². The molecular weight excluding hydrogens is 347 g/mol. The molecule has 1 heterocycles. The summed E-state index contributed by atoms with van der Waals surface area (Å²) in [4.78, 5) is -0.311. The van der Waals surface area contributed by atoms with Gasteiger partial charge in [-0.2, -0.15) is 0 Å². The van der Waals surface area contributed by atoms with Crippen LogP contribution in [0.2, 0.25) is 0 Å². The Morgan fingerprint density at radius 3 is 2.95 bits per heavy atom. The Morgan fingerprint density at radius 1 is 1.45 bits per heavy atom. The molecule has 2 N–H and O–H groups in total. The quantitative estimate of drug-likeness (QED) is 0.842. The fraction of sp³-hybridized carbons (Fsp3) is 0.538. The number of hydrogen-bond donors (Lipinski definition) is 2. The average molecular weight is 365 g/mol. The van der Waals surface area contributed by atoms with Gasteiger partial charge in [0.25, 0.3) is 0 Å². The summed E-state index contributed by atoms with van der Waals surface area (Å²) in [6.07, 6.45) is 3.00. The van der Waals surface area contributed by atoms with Crippen molar-refractivity contribution >= 4 is 26.0 Å². The number of sulfonamides is 1. The Labute approximate surface area is 127 Å². The van der Waals surface area contributed by atoms with Gasteiger partial charge in [-0.15, -0.1) is 0 Å². The maximum absolute atomic E-state index is 13.6. The standard InChI is InChI=1S/C13H18BrFN2O2S/c14-11-3-4-12(15)13(8-11)20(18,19)17-7-5-10-2-1-6-16-9-10/h3-4,8,10,16-17H,1-2,5-7,9H2. The Bertz CT molecular complexity index is 559. The number of benzene rings is 1. The van der Waals surface area contributed by atoms with Gasteiger partial charge < -0.3 is 5.32 Å². The van der Waals surface area contributed by atoms with Crippen LogP contribution in [-0.2, 0) is 10.0 Å². The van der Waals surface area contributed by atoms with Crippen LogP contribution < -0.4 is 10.0 Å². The van der Waals surface area contributed by atoms with Gasteiger partial charge in [0.1, 0.15) is 10.7 Å².